The Balaban J connectivity index is 2.14. The fourth-order valence-corrected chi connectivity index (χ4v) is 2.39. The number of pyridine rings is 1. The number of thiocarbonyl (C=S) groups is 1. The number of morpholine rings is 1. The summed E-state index contributed by atoms with van der Waals surface area (Å²) < 4.78 is 10.3. The van der Waals surface area contributed by atoms with Gasteiger partial charge in [-0.1, -0.05) is 12.2 Å². The maximum atomic E-state index is 11.4. The highest BCUT2D eigenvalue weighted by atomic mass is 32.1. The van der Waals surface area contributed by atoms with E-state index in [0.717, 1.165) is 17.1 Å². The highest BCUT2D eigenvalue weighted by Gasteiger charge is 2.24. The number of nitrogens with zero attached hydrogens (tertiary/aromatic N) is 2. The molecule has 1 saturated heterocycles. The number of hydrogen-bond donors (Lipinski definition) is 1. The third-order valence-corrected chi connectivity index (χ3v) is 3.54. The first-order chi connectivity index (χ1) is 9.99. The molecule has 0 aliphatic carbocycles. The van der Waals surface area contributed by atoms with E-state index in [1.54, 1.807) is 0 Å². The van der Waals surface area contributed by atoms with Crippen LogP contribution in [-0.2, 0) is 14.3 Å². The molecule has 1 atom stereocenters. The molecule has 1 aliphatic rings. The molecule has 2 heterocycles. The molecule has 1 fully saturated rings. The second-order valence-electron chi connectivity index (χ2n) is 4.94. The fourth-order valence-electron chi connectivity index (χ4n) is 2.28. The van der Waals surface area contributed by atoms with Gasteiger partial charge in [-0.25, -0.2) is 4.98 Å². The van der Waals surface area contributed by atoms with Crippen molar-refractivity contribution in [2.75, 3.05) is 31.7 Å². The van der Waals surface area contributed by atoms with Crippen LogP contribution in [0, 0.1) is 6.92 Å². The second kappa shape index (κ2) is 6.82. The molecule has 1 aliphatic heterocycles. The van der Waals surface area contributed by atoms with Gasteiger partial charge in [-0.05, 0) is 19.1 Å². The van der Waals surface area contributed by atoms with Crippen LogP contribution in [0.4, 0.5) is 5.82 Å². The standard InChI is InChI=1S/C14H19N3O3S/c1-9-5-10(14(15)21)6-12(16-9)17-3-4-20-11(8-17)7-13(18)19-2/h5-6,11H,3-4,7-8H2,1-2H3,(H2,15,21). The number of carbonyl (C=O) groups excluding carboxylic acids is 1. The van der Waals surface area contributed by atoms with E-state index in [1.165, 1.54) is 7.11 Å². The smallest absolute Gasteiger partial charge is 0.308 e. The molecule has 114 valence electrons. The number of nitrogens with two attached hydrogens (primary N) is 1. The van der Waals surface area contributed by atoms with Gasteiger partial charge < -0.3 is 20.1 Å². The summed E-state index contributed by atoms with van der Waals surface area (Å²) in [6.45, 7) is 3.74. The molecule has 0 bridgehead atoms. The number of aryl methyl sites for hydroxylation is 1. The summed E-state index contributed by atoms with van der Waals surface area (Å²) in [6, 6.07) is 3.73. The topological polar surface area (TPSA) is 77.7 Å². The van der Waals surface area contributed by atoms with Crippen molar-refractivity contribution in [3.63, 3.8) is 0 Å². The number of aromatic nitrogens is 1. The lowest BCUT2D eigenvalue weighted by Crippen LogP contribution is -2.44. The average molecular weight is 309 g/mol. The quantitative estimate of drug-likeness (QED) is 0.651. The molecule has 1 aromatic rings. The summed E-state index contributed by atoms with van der Waals surface area (Å²) in [4.78, 5) is 18.3. The largest absolute Gasteiger partial charge is 0.469 e. The zero-order valence-corrected chi connectivity index (χ0v) is 13.0. The predicted molar refractivity (Wildman–Crippen MR) is 83.4 cm³/mol. The summed E-state index contributed by atoms with van der Waals surface area (Å²) in [5, 5.41) is 0. The molecule has 2 rings (SSSR count). The van der Waals surface area contributed by atoms with Crippen molar-refractivity contribution in [3.05, 3.63) is 23.4 Å². The number of rotatable bonds is 4. The number of esters is 1. The van der Waals surface area contributed by atoms with Gasteiger partial charge in [-0.3, -0.25) is 4.79 Å². The van der Waals surface area contributed by atoms with Crippen LogP contribution in [0.5, 0.6) is 0 Å². The minimum atomic E-state index is -0.275. The van der Waals surface area contributed by atoms with Crippen LogP contribution in [-0.4, -0.2) is 48.9 Å². The van der Waals surface area contributed by atoms with Gasteiger partial charge in [0.15, 0.2) is 0 Å². The Hall–Kier alpha value is -1.73. The third-order valence-electron chi connectivity index (χ3n) is 3.31. The number of carbonyl (C=O) groups is 1. The van der Waals surface area contributed by atoms with E-state index < -0.39 is 0 Å². The molecule has 2 N–H and O–H groups in total. The lowest BCUT2D eigenvalue weighted by Gasteiger charge is -2.33. The molecule has 0 radical (unpaired) electrons. The monoisotopic (exact) mass is 309 g/mol. The molecular weight excluding hydrogens is 290 g/mol. The van der Waals surface area contributed by atoms with E-state index in [0.29, 0.717) is 24.7 Å². The van der Waals surface area contributed by atoms with Crippen molar-refractivity contribution in [1.29, 1.82) is 0 Å². The Morgan fingerprint density at radius 2 is 2.38 bits per heavy atom. The van der Waals surface area contributed by atoms with Crippen LogP contribution < -0.4 is 10.6 Å². The summed E-state index contributed by atoms with van der Waals surface area (Å²) in [7, 11) is 1.37. The third kappa shape index (κ3) is 4.12. The summed E-state index contributed by atoms with van der Waals surface area (Å²) in [6.07, 6.45) is 0.0443. The first-order valence-corrected chi connectivity index (χ1v) is 7.12. The minimum Gasteiger partial charge on any atom is -0.469 e. The number of ether oxygens (including phenoxy) is 2. The Morgan fingerprint density at radius 3 is 3.05 bits per heavy atom. The number of anilines is 1. The molecular formula is C14H19N3O3S. The molecule has 0 amide bonds. The van der Waals surface area contributed by atoms with Crippen molar-refractivity contribution >= 4 is 29.0 Å². The van der Waals surface area contributed by atoms with Crippen molar-refractivity contribution in [2.24, 2.45) is 5.73 Å². The maximum Gasteiger partial charge on any atom is 0.308 e. The molecule has 6 nitrogen and oxygen atoms in total. The SMILES string of the molecule is COC(=O)CC1CN(c2cc(C(N)=S)cc(C)n2)CCO1. The van der Waals surface area contributed by atoms with Crippen LogP contribution >= 0.6 is 12.2 Å². The Morgan fingerprint density at radius 1 is 1.62 bits per heavy atom. The van der Waals surface area contributed by atoms with E-state index in [4.69, 9.17) is 22.7 Å². The molecule has 21 heavy (non-hydrogen) atoms. The van der Waals surface area contributed by atoms with Gasteiger partial charge in [-0.2, -0.15) is 0 Å². The molecule has 0 spiro atoms. The van der Waals surface area contributed by atoms with E-state index in [2.05, 4.69) is 14.6 Å². The summed E-state index contributed by atoms with van der Waals surface area (Å²) in [5.41, 5.74) is 7.34. The summed E-state index contributed by atoms with van der Waals surface area (Å²) >= 11 is 5.02. The van der Waals surface area contributed by atoms with Gasteiger partial charge in [0, 0.05) is 24.3 Å². The molecule has 0 saturated carbocycles. The Kier molecular flexibility index (Phi) is 5.08. The normalized spacial score (nSPS) is 18.4. The zero-order chi connectivity index (χ0) is 15.4. The molecule has 7 heteroatoms. The minimum absolute atomic E-state index is 0.193. The van der Waals surface area contributed by atoms with Crippen molar-refractivity contribution < 1.29 is 14.3 Å². The van der Waals surface area contributed by atoms with Crippen molar-refractivity contribution in [1.82, 2.24) is 4.98 Å². The van der Waals surface area contributed by atoms with E-state index in [9.17, 15) is 4.79 Å². The molecule has 0 aromatic carbocycles. The average Bonchev–Trinajstić information content (AvgIpc) is 2.46. The highest BCUT2D eigenvalue weighted by molar-refractivity contribution is 7.80. The lowest BCUT2D eigenvalue weighted by atomic mass is 10.2. The molecule has 1 unspecified atom stereocenters. The van der Waals surface area contributed by atoms with Crippen molar-refractivity contribution in [2.45, 2.75) is 19.4 Å². The first-order valence-electron chi connectivity index (χ1n) is 6.71. The van der Waals surface area contributed by atoms with E-state index >= 15 is 0 Å². The van der Waals surface area contributed by atoms with E-state index in [-0.39, 0.29) is 18.5 Å². The Labute approximate surface area is 129 Å². The van der Waals surface area contributed by atoms with Crippen LogP contribution in [0.3, 0.4) is 0 Å². The maximum absolute atomic E-state index is 11.4. The van der Waals surface area contributed by atoms with Crippen molar-refractivity contribution in [3.8, 4) is 0 Å². The fraction of sp³-hybridized carbons (Fsp3) is 0.500. The Bertz CT molecular complexity index is 550. The second-order valence-corrected chi connectivity index (χ2v) is 5.38. The van der Waals surface area contributed by atoms with Gasteiger partial charge in [-0.15, -0.1) is 0 Å². The lowest BCUT2D eigenvalue weighted by molar-refractivity contribution is -0.144. The van der Waals surface area contributed by atoms with Crippen LogP contribution in [0.25, 0.3) is 0 Å². The van der Waals surface area contributed by atoms with Crippen LogP contribution in [0.1, 0.15) is 17.7 Å². The number of methoxy groups -OCH3 is 1. The first kappa shape index (κ1) is 15.7. The van der Waals surface area contributed by atoms with E-state index in [1.807, 2.05) is 19.1 Å². The van der Waals surface area contributed by atoms with Crippen LogP contribution in [0.2, 0.25) is 0 Å². The van der Waals surface area contributed by atoms with Crippen LogP contribution in [0.15, 0.2) is 12.1 Å². The zero-order valence-electron chi connectivity index (χ0n) is 12.2. The van der Waals surface area contributed by atoms with Gasteiger partial charge in [0.1, 0.15) is 10.8 Å². The molecule has 1 aromatic heterocycles. The van der Waals surface area contributed by atoms with Gasteiger partial charge in [0.05, 0.1) is 26.2 Å². The van der Waals surface area contributed by atoms with Gasteiger partial charge in [0.25, 0.3) is 0 Å². The highest BCUT2D eigenvalue weighted by Crippen LogP contribution is 2.19. The predicted octanol–water partition coefficient (Wildman–Crippen LogP) is 0.793. The van der Waals surface area contributed by atoms with Gasteiger partial charge in [0.2, 0.25) is 0 Å². The summed E-state index contributed by atoms with van der Waals surface area (Å²) in [5.74, 6) is 0.527. The number of hydrogen-bond acceptors (Lipinski definition) is 6. The van der Waals surface area contributed by atoms with Gasteiger partial charge >= 0.3 is 5.97 Å².